The van der Waals surface area contributed by atoms with E-state index in [1.807, 2.05) is 0 Å². The Hall–Kier alpha value is -1.36. The van der Waals surface area contributed by atoms with Crippen molar-refractivity contribution in [3.63, 3.8) is 0 Å². The first-order valence-corrected chi connectivity index (χ1v) is 4.15. The van der Waals surface area contributed by atoms with Crippen LogP contribution in [0.25, 0.3) is 0 Å². The smallest absolute Gasteiger partial charge is 0.365 e. The Morgan fingerprint density at radius 1 is 1.27 bits per heavy atom. The van der Waals surface area contributed by atoms with Gasteiger partial charge in [-0.1, -0.05) is 30.3 Å². The number of methoxy groups -OCH3 is 1. The van der Waals surface area contributed by atoms with E-state index in [9.17, 15) is 18.0 Å². The lowest BCUT2D eigenvalue weighted by atomic mass is 10.1. The van der Waals surface area contributed by atoms with Gasteiger partial charge < -0.3 is 4.74 Å². The molecule has 1 atom stereocenters. The van der Waals surface area contributed by atoms with Crippen molar-refractivity contribution in [2.24, 2.45) is 0 Å². The zero-order chi connectivity index (χ0) is 11.5. The summed E-state index contributed by atoms with van der Waals surface area (Å²) in [4.78, 5) is 11.4. The highest BCUT2D eigenvalue weighted by Crippen LogP contribution is 2.25. The summed E-state index contributed by atoms with van der Waals surface area (Å²) in [5.74, 6) is -1.08. The van der Waals surface area contributed by atoms with Crippen molar-refractivity contribution >= 4 is 5.78 Å². The van der Waals surface area contributed by atoms with E-state index >= 15 is 0 Å². The predicted molar refractivity (Wildman–Crippen MR) is 47.6 cm³/mol. The van der Waals surface area contributed by atoms with E-state index in [-0.39, 0.29) is 5.56 Å². The Bertz CT molecular complexity index is 332. The number of carbonyl (C=O) groups is 1. The number of rotatable bonds is 3. The SMILES string of the molecule is COC(C(=O)c1ccccc1)C(F)(F)F. The second-order valence-corrected chi connectivity index (χ2v) is 2.89. The average Bonchev–Trinajstić information content (AvgIpc) is 2.18. The fourth-order valence-corrected chi connectivity index (χ4v) is 1.14. The van der Waals surface area contributed by atoms with Gasteiger partial charge in [0.05, 0.1) is 0 Å². The maximum absolute atomic E-state index is 12.3. The van der Waals surface area contributed by atoms with Crippen molar-refractivity contribution in [1.29, 1.82) is 0 Å². The van der Waals surface area contributed by atoms with Gasteiger partial charge in [-0.2, -0.15) is 13.2 Å². The minimum absolute atomic E-state index is 0.0123. The third-order valence-corrected chi connectivity index (χ3v) is 1.83. The van der Waals surface area contributed by atoms with Crippen molar-refractivity contribution in [2.75, 3.05) is 7.11 Å². The number of hydrogen-bond acceptors (Lipinski definition) is 2. The number of benzene rings is 1. The molecule has 0 saturated carbocycles. The van der Waals surface area contributed by atoms with Crippen LogP contribution in [-0.2, 0) is 4.74 Å². The molecule has 0 amide bonds. The monoisotopic (exact) mass is 218 g/mol. The van der Waals surface area contributed by atoms with E-state index in [2.05, 4.69) is 4.74 Å². The first kappa shape index (κ1) is 11.7. The molecule has 0 saturated heterocycles. The van der Waals surface area contributed by atoms with Gasteiger partial charge in [0.25, 0.3) is 0 Å². The molecular weight excluding hydrogens is 209 g/mol. The van der Waals surface area contributed by atoms with Crippen molar-refractivity contribution in [1.82, 2.24) is 0 Å². The van der Waals surface area contributed by atoms with Crippen LogP contribution in [0.4, 0.5) is 13.2 Å². The van der Waals surface area contributed by atoms with Crippen LogP contribution in [0.15, 0.2) is 30.3 Å². The summed E-state index contributed by atoms with van der Waals surface area (Å²) < 4.78 is 41.1. The van der Waals surface area contributed by atoms with Gasteiger partial charge in [0, 0.05) is 12.7 Å². The Morgan fingerprint density at radius 2 is 1.80 bits per heavy atom. The van der Waals surface area contributed by atoms with Gasteiger partial charge >= 0.3 is 6.18 Å². The minimum Gasteiger partial charge on any atom is -0.365 e. The van der Waals surface area contributed by atoms with Crippen LogP contribution in [0.3, 0.4) is 0 Å². The summed E-state index contributed by atoms with van der Waals surface area (Å²) in [5.41, 5.74) is -0.0123. The first-order chi connectivity index (χ1) is 6.96. The molecule has 0 N–H and O–H groups in total. The lowest BCUT2D eigenvalue weighted by Gasteiger charge is -2.17. The van der Waals surface area contributed by atoms with Crippen LogP contribution in [0, 0.1) is 0 Å². The van der Waals surface area contributed by atoms with Crippen molar-refractivity contribution < 1.29 is 22.7 Å². The van der Waals surface area contributed by atoms with Gasteiger partial charge in [0.15, 0.2) is 0 Å². The highest BCUT2D eigenvalue weighted by atomic mass is 19.4. The molecule has 1 rings (SSSR count). The largest absolute Gasteiger partial charge is 0.422 e. The molecule has 0 radical (unpaired) electrons. The minimum atomic E-state index is -4.68. The first-order valence-electron chi connectivity index (χ1n) is 4.15. The van der Waals surface area contributed by atoms with Gasteiger partial charge in [-0.05, 0) is 0 Å². The lowest BCUT2D eigenvalue weighted by Crippen LogP contribution is -2.38. The van der Waals surface area contributed by atoms with Gasteiger partial charge in [-0.15, -0.1) is 0 Å². The zero-order valence-electron chi connectivity index (χ0n) is 7.91. The second kappa shape index (κ2) is 4.44. The number of hydrogen-bond donors (Lipinski definition) is 0. The molecule has 0 aliphatic rings. The van der Waals surface area contributed by atoms with Gasteiger partial charge in [-0.3, -0.25) is 4.79 Å². The van der Waals surface area contributed by atoms with E-state index < -0.39 is 18.1 Å². The molecule has 0 heterocycles. The van der Waals surface area contributed by atoms with E-state index in [0.717, 1.165) is 7.11 Å². The number of carbonyl (C=O) groups excluding carboxylic acids is 1. The van der Waals surface area contributed by atoms with Gasteiger partial charge in [-0.25, -0.2) is 0 Å². The molecule has 1 aromatic rings. The van der Waals surface area contributed by atoms with Gasteiger partial charge in [0.1, 0.15) is 0 Å². The highest BCUT2D eigenvalue weighted by molar-refractivity contribution is 5.99. The van der Waals surface area contributed by atoms with Gasteiger partial charge in [0.2, 0.25) is 11.9 Å². The van der Waals surface area contributed by atoms with Crippen molar-refractivity contribution in [3.05, 3.63) is 35.9 Å². The fourth-order valence-electron chi connectivity index (χ4n) is 1.14. The van der Waals surface area contributed by atoms with E-state index in [4.69, 9.17) is 0 Å². The topological polar surface area (TPSA) is 26.3 Å². The van der Waals surface area contributed by atoms with Crippen LogP contribution < -0.4 is 0 Å². The third kappa shape index (κ3) is 2.79. The van der Waals surface area contributed by atoms with Crippen LogP contribution in [0.2, 0.25) is 0 Å². The Kier molecular flexibility index (Phi) is 3.47. The van der Waals surface area contributed by atoms with E-state index in [1.54, 1.807) is 6.07 Å². The summed E-state index contributed by atoms with van der Waals surface area (Å²) in [7, 11) is 0.860. The van der Waals surface area contributed by atoms with E-state index in [0.29, 0.717) is 0 Å². The van der Waals surface area contributed by atoms with E-state index in [1.165, 1.54) is 24.3 Å². The Morgan fingerprint density at radius 3 is 2.20 bits per heavy atom. The molecule has 1 unspecified atom stereocenters. The Labute approximate surface area is 84.7 Å². The molecule has 2 nitrogen and oxygen atoms in total. The average molecular weight is 218 g/mol. The van der Waals surface area contributed by atoms with Crippen molar-refractivity contribution in [2.45, 2.75) is 12.3 Å². The number of halogens is 3. The summed E-state index contributed by atoms with van der Waals surface area (Å²) >= 11 is 0. The molecule has 0 aliphatic heterocycles. The summed E-state index contributed by atoms with van der Waals surface area (Å²) in [6.07, 6.45) is -7.07. The standard InChI is InChI=1S/C10H9F3O2/c1-15-9(10(11,12)13)8(14)7-5-3-2-4-6-7/h2-6,9H,1H3. The summed E-state index contributed by atoms with van der Waals surface area (Å²) in [6, 6.07) is 7.25. The third-order valence-electron chi connectivity index (χ3n) is 1.83. The number of ketones is 1. The second-order valence-electron chi connectivity index (χ2n) is 2.89. The predicted octanol–water partition coefficient (Wildman–Crippen LogP) is 2.45. The summed E-state index contributed by atoms with van der Waals surface area (Å²) in [5, 5.41) is 0. The molecule has 0 fully saturated rings. The molecule has 0 aromatic heterocycles. The molecule has 1 aromatic carbocycles. The maximum Gasteiger partial charge on any atom is 0.422 e. The molecular formula is C10H9F3O2. The molecule has 0 bridgehead atoms. The van der Waals surface area contributed by atoms with Crippen LogP contribution >= 0.6 is 0 Å². The van der Waals surface area contributed by atoms with Crippen LogP contribution in [0.5, 0.6) is 0 Å². The molecule has 82 valence electrons. The zero-order valence-corrected chi connectivity index (χ0v) is 7.91. The molecule has 0 aliphatic carbocycles. The van der Waals surface area contributed by atoms with Crippen molar-refractivity contribution in [3.8, 4) is 0 Å². The normalized spacial score (nSPS) is 13.6. The highest BCUT2D eigenvalue weighted by Gasteiger charge is 2.45. The number of ether oxygens (including phenoxy) is 1. The van der Waals surface area contributed by atoms with Crippen LogP contribution in [-0.4, -0.2) is 25.2 Å². The fraction of sp³-hybridized carbons (Fsp3) is 0.300. The number of alkyl halides is 3. The Balaban J connectivity index is 2.93. The molecule has 0 spiro atoms. The maximum atomic E-state index is 12.3. The quantitative estimate of drug-likeness (QED) is 0.728. The lowest BCUT2D eigenvalue weighted by molar-refractivity contribution is -0.194. The van der Waals surface area contributed by atoms with Crippen LogP contribution in [0.1, 0.15) is 10.4 Å². The summed E-state index contributed by atoms with van der Waals surface area (Å²) in [6.45, 7) is 0. The number of Topliss-reactive ketones (excluding diaryl/α,β-unsaturated/α-hetero) is 1. The molecule has 15 heavy (non-hydrogen) atoms. The molecule has 5 heteroatoms.